The molecule has 0 saturated heterocycles. The predicted octanol–water partition coefficient (Wildman–Crippen LogP) is 4.74. The van der Waals surface area contributed by atoms with Crippen molar-refractivity contribution < 1.29 is 8.94 Å². The van der Waals surface area contributed by atoms with Crippen molar-refractivity contribution in [3.05, 3.63) is 58.8 Å². The first-order valence-electron chi connectivity index (χ1n) is 7.74. The molecule has 0 radical (unpaired) electrons. The number of nitrogens with zero attached hydrogens (tertiary/aromatic N) is 3. The molecule has 4 rings (SSSR count). The molecule has 6 heteroatoms. The van der Waals surface area contributed by atoms with Gasteiger partial charge in [0.05, 0.1) is 12.6 Å². The number of para-hydroxylation sites is 1. The van der Waals surface area contributed by atoms with Crippen LogP contribution in [0.2, 0.25) is 0 Å². The molecule has 4 aromatic rings. The van der Waals surface area contributed by atoms with Crippen LogP contribution in [0.5, 0.6) is 0 Å². The Morgan fingerprint density at radius 3 is 2.92 bits per heavy atom. The molecule has 0 bridgehead atoms. The van der Waals surface area contributed by atoms with E-state index >= 15 is 0 Å². The SMILES string of the molecule is CC(c1cc2ccccc2o1)N(C)Cc1nc(-c2ccsc2)no1. The third kappa shape index (κ3) is 2.86. The number of fused-ring (bicyclic) bond motifs is 1. The fraction of sp³-hybridized carbons (Fsp3) is 0.222. The van der Waals surface area contributed by atoms with Gasteiger partial charge in [-0.25, -0.2) is 0 Å². The number of furan rings is 1. The van der Waals surface area contributed by atoms with E-state index in [1.807, 2.05) is 42.1 Å². The van der Waals surface area contributed by atoms with Gasteiger partial charge in [0.25, 0.3) is 0 Å². The average molecular weight is 339 g/mol. The minimum Gasteiger partial charge on any atom is -0.459 e. The van der Waals surface area contributed by atoms with Crippen LogP contribution in [0.3, 0.4) is 0 Å². The third-order valence-electron chi connectivity index (χ3n) is 4.15. The smallest absolute Gasteiger partial charge is 0.241 e. The Morgan fingerprint density at radius 1 is 1.25 bits per heavy atom. The largest absolute Gasteiger partial charge is 0.459 e. The molecule has 0 aliphatic heterocycles. The summed E-state index contributed by atoms with van der Waals surface area (Å²) in [7, 11) is 2.02. The summed E-state index contributed by atoms with van der Waals surface area (Å²) in [6.07, 6.45) is 0. The van der Waals surface area contributed by atoms with Gasteiger partial charge in [0, 0.05) is 16.3 Å². The van der Waals surface area contributed by atoms with Crippen LogP contribution in [0.1, 0.15) is 24.6 Å². The molecule has 1 unspecified atom stereocenters. The maximum Gasteiger partial charge on any atom is 0.241 e. The van der Waals surface area contributed by atoms with E-state index in [-0.39, 0.29) is 6.04 Å². The van der Waals surface area contributed by atoms with Gasteiger partial charge in [-0.3, -0.25) is 4.90 Å². The van der Waals surface area contributed by atoms with Gasteiger partial charge in [-0.05, 0) is 37.6 Å². The molecular formula is C18H17N3O2S. The molecule has 0 aliphatic rings. The van der Waals surface area contributed by atoms with E-state index < -0.39 is 0 Å². The van der Waals surface area contributed by atoms with Crippen LogP contribution in [0.25, 0.3) is 22.4 Å². The lowest BCUT2D eigenvalue weighted by molar-refractivity contribution is 0.198. The van der Waals surface area contributed by atoms with Gasteiger partial charge in [0.15, 0.2) is 0 Å². The van der Waals surface area contributed by atoms with Crippen LogP contribution in [-0.4, -0.2) is 22.1 Å². The first-order valence-corrected chi connectivity index (χ1v) is 8.69. The van der Waals surface area contributed by atoms with Crippen molar-refractivity contribution in [1.82, 2.24) is 15.0 Å². The second-order valence-electron chi connectivity index (χ2n) is 5.80. The molecule has 3 heterocycles. The molecular weight excluding hydrogens is 322 g/mol. The van der Waals surface area contributed by atoms with E-state index in [0.29, 0.717) is 18.3 Å². The molecule has 5 nitrogen and oxygen atoms in total. The topological polar surface area (TPSA) is 55.3 Å². The first kappa shape index (κ1) is 15.1. The highest BCUT2D eigenvalue weighted by atomic mass is 32.1. The first-order chi connectivity index (χ1) is 11.7. The van der Waals surface area contributed by atoms with E-state index in [1.165, 1.54) is 0 Å². The Labute approximate surface area is 143 Å². The molecule has 24 heavy (non-hydrogen) atoms. The Bertz CT molecular complexity index is 909. The molecule has 1 atom stereocenters. The third-order valence-corrected chi connectivity index (χ3v) is 4.83. The van der Waals surface area contributed by atoms with E-state index in [1.54, 1.807) is 11.3 Å². The van der Waals surface area contributed by atoms with Gasteiger partial charge in [0.1, 0.15) is 11.3 Å². The zero-order chi connectivity index (χ0) is 16.5. The molecule has 0 saturated carbocycles. The molecule has 1 aromatic carbocycles. The number of hydrogen-bond acceptors (Lipinski definition) is 6. The standard InChI is InChI=1S/C18H17N3O2S/c1-12(16-9-13-5-3-4-6-15(13)22-16)21(2)10-17-19-18(20-23-17)14-7-8-24-11-14/h3-9,11-12H,10H2,1-2H3. The fourth-order valence-electron chi connectivity index (χ4n) is 2.60. The van der Waals surface area contributed by atoms with Crippen molar-refractivity contribution in [2.45, 2.75) is 19.5 Å². The van der Waals surface area contributed by atoms with Crippen molar-refractivity contribution in [3.63, 3.8) is 0 Å². The normalized spacial score (nSPS) is 13.0. The number of aromatic nitrogens is 2. The summed E-state index contributed by atoms with van der Waals surface area (Å²) >= 11 is 1.62. The molecule has 3 aromatic heterocycles. The lowest BCUT2D eigenvalue weighted by Crippen LogP contribution is -2.21. The molecule has 0 N–H and O–H groups in total. The van der Waals surface area contributed by atoms with Gasteiger partial charge < -0.3 is 8.94 Å². The second kappa shape index (κ2) is 6.22. The molecule has 0 fully saturated rings. The maximum atomic E-state index is 5.95. The summed E-state index contributed by atoms with van der Waals surface area (Å²) in [6.45, 7) is 2.67. The molecule has 0 spiro atoms. The van der Waals surface area contributed by atoms with Crippen LogP contribution in [0.15, 0.2) is 56.1 Å². The summed E-state index contributed by atoms with van der Waals surface area (Å²) in [4.78, 5) is 6.60. The quantitative estimate of drug-likeness (QED) is 0.526. The van der Waals surface area contributed by atoms with Gasteiger partial charge in [-0.2, -0.15) is 16.3 Å². The van der Waals surface area contributed by atoms with Gasteiger partial charge in [-0.15, -0.1) is 0 Å². The van der Waals surface area contributed by atoms with Crippen molar-refractivity contribution in [3.8, 4) is 11.4 Å². The highest BCUT2D eigenvalue weighted by Gasteiger charge is 2.19. The van der Waals surface area contributed by atoms with Crippen molar-refractivity contribution in [2.75, 3.05) is 7.05 Å². The van der Waals surface area contributed by atoms with Gasteiger partial charge >= 0.3 is 0 Å². The Kier molecular flexibility index (Phi) is 3.92. The van der Waals surface area contributed by atoms with Gasteiger partial charge in [0.2, 0.25) is 11.7 Å². The van der Waals surface area contributed by atoms with E-state index in [2.05, 4.69) is 34.1 Å². The van der Waals surface area contributed by atoms with Crippen molar-refractivity contribution in [2.24, 2.45) is 0 Å². The summed E-state index contributed by atoms with van der Waals surface area (Å²) in [5, 5.41) is 9.18. The summed E-state index contributed by atoms with van der Waals surface area (Å²) in [6, 6.07) is 12.2. The predicted molar refractivity (Wildman–Crippen MR) is 93.7 cm³/mol. The Morgan fingerprint density at radius 2 is 2.12 bits per heavy atom. The molecule has 122 valence electrons. The summed E-state index contributed by atoms with van der Waals surface area (Å²) in [5.41, 5.74) is 1.90. The Balaban J connectivity index is 1.50. The minimum atomic E-state index is 0.105. The highest BCUT2D eigenvalue weighted by Crippen LogP contribution is 2.27. The average Bonchev–Trinajstić information content (AvgIpc) is 3.32. The lowest BCUT2D eigenvalue weighted by atomic mass is 10.2. The van der Waals surface area contributed by atoms with Crippen molar-refractivity contribution >= 4 is 22.3 Å². The summed E-state index contributed by atoms with van der Waals surface area (Å²) < 4.78 is 11.3. The lowest BCUT2D eigenvalue weighted by Gasteiger charge is -2.20. The van der Waals surface area contributed by atoms with Crippen LogP contribution < -0.4 is 0 Å². The highest BCUT2D eigenvalue weighted by molar-refractivity contribution is 7.08. The molecule has 0 amide bonds. The second-order valence-corrected chi connectivity index (χ2v) is 6.58. The van der Waals surface area contributed by atoms with Crippen LogP contribution in [-0.2, 0) is 6.54 Å². The Hall–Kier alpha value is -2.44. The van der Waals surface area contributed by atoms with E-state index in [9.17, 15) is 0 Å². The van der Waals surface area contributed by atoms with Crippen LogP contribution in [0.4, 0.5) is 0 Å². The summed E-state index contributed by atoms with van der Waals surface area (Å²) in [5.74, 6) is 2.16. The number of hydrogen-bond donors (Lipinski definition) is 0. The van der Waals surface area contributed by atoms with Crippen molar-refractivity contribution in [1.29, 1.82) is 0 Å². The van der Waals surface area contributed by atoms with Crippen LogP contribution >= 0.6 is 11.3 Å². The number of rotatable bonds is 5. The van der Waals surface area contributed by atoms with Crippen LogP contribution in [0, 0.1) is 0 Å². The number of thiophene rings is 1. The molecule has 0 aliphatic carbocycles. The van der Waals surface area contributed by atoms with Gasteiger partial charge in [-0.1, -0.05) is 23.4 Å². The van der Waals surface area contributed by atoms with E-state index in [0.717, 1.165) is 22.3 Å². The maximum absolute atomic E-state index is 5.95. The fourth-order valence-corrected chi connectivity index (χ4v) is 3.24. The number of benzene rings is 1. The zero-order valence-corrected chi connectivity index (χ0v) is 14.3. The minimum absolute atomic E-state index is 0.105. The van der Waals surface area contributed by atoms with E-state index in [4.69, 9.17) is 8.94 Å². The zero-order valence-electron chi connectivity index (χ0n) is 13.5. The monoisotopic (exact) mass is 339 g/mol.